The number of hydrogen-bond acceptors (Lipinski definition) is 5. The molecule has 0 spiro atoms. The Hall–Kier alpha value is -1.49. The predicted octanol–water partition coefficient (Wildman–Crippen LogP) is -0.311. The number of aromatic nitrogens is 2. The predicted molar refractivity (Wildman–Crippen MR) is 42.5 cm³/mol. The Kier molecular flexibility index (Phi) is 1.71. The molecular formula is C7H8N4O. The van der Waals surface area contributed by atoms with Gasteiger partial charge >= 0.3 is 0 Å². The molecule has 1 aliphatic heterocycles. The molecule has 1 aromatic heterocycles. The lowest BCUT2D eigenvalue weighted by Gasteiger charge is -2.22. The molecule has 1 atom stereocenters. The molecule has 0 saturated carbocycles. The van der Waals surface area contributed by atoms with E-state index in [0.29, 0.717) is 6.67 Å². The Bertz CT molecular complexity index is 301. The van der Waals surface area contributed by atoms with E-state index in [-0.39, 0.29) is 6.04 Å². The van der Waals surface area contributed by atoms with Crippen molar-refractivity contribution in [2.24, 2.45) is 0 Å². The first kappa shape index (κ1) is 7.17. The summed E-state index contributed by atoms with van der Waals surface area (Å²) in [5, 5.41) is 5.97. The van der Waals surface area contributed by atoms with Crippen molar-refractivity contribution in [3.63, 3.8) is 0 Å². The summed E-state index contributed by atoms with van der Waals surface area (Å²) in [6, 6.07) is -0.276. The number of carbonyl (C=O) groups is 1. The van der Waals surface area contributed by atoms with Gasteiger partial charge in [-0.1, -0.05) is 0 Å². The third kappa shape index (κ3) is 1.04. The zero-order chi connectivity index (χ0) is 8.39. The van der Waals surface area contributed by atoms with Crippen molar-refractivity contribution in [3.8, 4) is 0 Å². The SMILES string of the molecule is O=CC1NCNc2ncncc21. The van der Waals surface area contributed by atoms with Crippen LogP contribution in [0.2, 0.25) is 0 Å². The second-order valence-corrected chi connectivity index (χ2v) is 2.50. The molecule has 0 aromatic carbocycles. The monoisotopic (exact) mass is 164 g/mol. The van der Waals surface area contributed by atoms with Gasteiger partial charge in [-0.15, -0.1) is 0 Å². The first-order valence-electron chi connectivity index (χ1n) is 3.64. The number of aldehydes is 1. The van der Waals surface area contributed by atoms with E-state index in [0.717, 1.165) is 17.7 Å². The Morgan fingerprint density at radius 2 is 2.58 bits per heavy atom. The molecule has 0 amide bonds. The lowest BCUT2D eigenvalue weighted by molar-refractivity contribution is -0.109. The molecule has 1 unspecified atom stereocenters. The lowest BCUT2D eigenvalue weighted by atomic mass is 10.1. The fraction of sp³-hybridized carbons (Fsp3) is 0.286. The summed E-state index contributed by atoms with van der Waals surface area (Å²) in [7, 11) is 0. The van der Waals surface area contributed by atoms with E-state index in [1.807, 2.05) is 0 Å². The number of rotatable bonds is 1. The fourth-order valence-corrected chi connectivity index (χ4v) is 1.19. The number of carbonyl (C=O) groups excluding carboxylic acids is 1. The van der Waals surface area contributed by atoms with Crippen LogP contribution in [-0.4, -0.2) is 22.9 Å². The fourth-order valence-electron chi connectivity index (χ4n) is 1.19. The van der Waals surface area contributed by atoms with Crippen LogP contribution in [0.5, 0.6) is 0 Å². The Morgan fingerprint density at radius 1 is 1.67 bits per heavy atom. The summed E-state index contributed by atoms with van der Waals surface area (Å²) in [5.74, 6) is 0.737. The van der Waals surface area contributed by atoms with Gasteiger partial charge in [-0.3, -0.25) is 5.32 Å². The molecule has 0 fully saturated rings. The second-order valence-electron chi connectivity index (χ2n) is 2.50. The maximum absolute atomic E-state index is 10.6. The zero-order valence-electron chi connectivity index (χ0n) is 6.32. The van der Waals surface area contributed by atoms with Crippen molar-refractivity contribution in [1.82, 2.24) is 15.3 Å². The van der Waals surface area contributed by atoms with E-state index in [2.05, 4.69) is 20.6 Å². The molecule has 2 N–H and O–H groups in total. The molecule has 2 heterocycles. The van der Waals surface area contributed by atoms with Crippen molar-refractivity contribution in [2.45, 2.75) is 6.04 Å². The van der Waals surface area contributed by atoms with Crippen LogP contribution in [0.25, 0.3) is 0 Å². The number of nitrogens with one attached hydrogen (secondary N) is 2. The summed E-state index contributed by atoms with van der Waals surface area (Å²) >= 11 is 0. The first-order valence-corrected chi connectivity index (χ1v) is 3.64. The van der Waals surface area contributed by atoms with Gasteiger partial charge in [0.25, 0.3) is 0 Å². The minimum Gasteiger partial charge on any atom is -0.357 e. The highest BCUT2D eigenvalue weighted by molar-refractivity contribution is 5.66. The van der Waals surface area contributed by atoms with E-state index < -0.39 is 0 Å². The Balaban J connectivity index is 2.43. The van der Waals surface area contributed by atoms with Crippen LogP contribution in [0.15, 0.2) is 12.5 Å². The maximum Gasteiger partial charge on any atom is 0.141 e. The summed E-state index contributed by atoms with van der Waals surface area (Å²) in [6.45, 7) is 0.563. The molecule has 0 saturated heterocycles. The molecule has 0 bridgehead atoms. The Labute approximate surface area is 69.2 Å². The molecule has 2 rings (SSSR count). The van der Waals surface area contributed by atoms with Gasteiger partial charge in [0.15, 0.2) is 0 Å². The van der Waals surface area contributed by atoms with Crippen molar-refractivity contribution < 1.29 is 4.79 Å². The topological polar surface area (TPSA) is 66.9 Å². The molecule has 1 aliphatic rings. The molecule has 0 aliphatic carbocycles. The van der Waals surface area contributed by atoms with Crippen LogP contribution in [-0.2, 0) is 4.79 Å². The standard InChI is InChI=1S/C7H8N4O/c12-2-6-5-1-8-3-10-7(5)11-4-9-6/h1-3,6,9H,4H2,(H,8,10,11). The van der Waals surface area contributed by atoms with Crippen molar-refractivity contribution in [2.75, 3.05) is 12.0 Å². The van der Waals surface area contributed by atoms with Crippen molar-refractivity contribution in [1.29, 1.82) is 0 Å². The van der Waals surface area contributed by atoms with E-state index >= 15 is 0 Å². The second kappa shape index (κ2) is 2.86. The first-order chi connectivity index (χ1) is 5.92. The van der Waals surface area contributed by atoms with E-state index in [1.54, 1.807) is 6.20 Å². The highest BCUT2D eigenvalue weighted by atomic mass is 16.1. The smallest absolute Gasteiger partial charge is 0.141 e. The third-order valence-corrected chi connectivity index (χ3v) is 1.79. The van der Waals surface area contributed by atoms with Crippen LogP contribution in [0.4, 0.5) is 5.82 Å². The number of fused-ring (bicyclic) bond motifs is 1. The van der Waals surface area contributed by atoms with Gasteiger partial charge in [-0.05, 0) is 0 Å². The van der Waals surface area contributed by atoms with Gasteiger partial charge in [0.05, 0.1) is 12.7 Å². The van der Waals surface area contributed by atoms with Crippen LogP contribution in [0, 0.1) is 0 Å². The summed E-state index contributed by atoms with van der Waals surface area (Å²) in [4.78, 5) is 18.4. The Morgan fingerprint density at radius 3 is 3.42 bits per heavy atom. The molecule has 62 valence electrons. The highest BCUT2D eigenvalue weighted by Crippen LogP contribution is 2.20. The lowest BCUT2D eigenvalue weighted by Crippen LogP contribution is -2.34. The van der Waals surface area contributed by atoms with Gasteiger partial charge in [0.2, 0.25) is 0 Å². The van der Waals surface area contributed by atoms with Gasteiger partial charge in [0.1, 0.15) is 18.4 Å². The molecule has 5 heteroatoms. The number of hydrogen-bond donors (Lipinski definition) is 2. The zero-order valence-corrected chi connectivity index (χ0v) is 6.32. The molecule has 0 radical (unpaired) electrons. The van der Waals surface area contributed by atoms with E-state index in [9.17, 15) is 4.79 Å². The van der Waals surface area contributed by atoms with Crippen LogP contribution in [0.1, 0.15) is 11.6 Å². The van der Waals surface area contributed by atoms with Gasteiger partial charge < -0.3 is 10.1 Å². The normalized spacial score (nSPS) is 20.8. The van der Waals surface area contributed by atoms with Gasteiger partial charge in [-0.25, -0.2) is 9.97 Å². The van der Waals surface area contributed by atoms with Crippen molar-refractivity contribution in [3.05, 3.63) is 18.1 Å². The van der Waals surface area contributed by atoms with Crippen LogP contribution < -0.4 is 10.6 Å². The molecule has 5 nitrogen and oxygen atoms in total. The average molecular weight is 164 g/mol. The molecule has 1 aromatic rings. The van der Waals surface area contributed by atoms with Gasteiger partial charge in [0, 0.05) is 11.8 Å². The van der Waals surface area contributed by atoms with Crippen LogP contribution in [0.3, 0.4) is 0 Å². The largest absolute Gasteiger partial charge is 0.357 e. The molecule has 12 heavy (non-hydrogen) atoms. The summed E-state index contributed by atoms with van der Waals surface area (Å²) in [5.41, 5.74) is 0.804. The highest BCUT2D eigenvalue weighted by Gasteiger charge is 2.18. The average Bonchev–Trinajstić information content (AvgIpc) is 2.17. The number of nitrogens with zero attached hydrogens (tertiary/aromatic N) is 2. The van der Waals surface area contributed by atoms with E-state index in [1.165, 1.54) is 6.33 Å². The quantitative estimate of drug-likeness (QED) is 0.557. The van der Waals surface area contributed by atoms with Crippen molar-refractivity contribution >= 4 is 12.1 Å². The van der Waals surface area contributed by atoms with Crippen LogP contribution >= 0.6 is 0 Å². The van der Waals surface area contributed by atoms with Gasteiger partial charge in [-0.2, -0.15) is 0 Å². The molecular weight excluding hydrogens is 156 g/mol. The van der Waals surface area contributed by atoms with E-state index in [4.69, 9.17) is 0 Å². The maximum atomic E-state index is 10.6. The number of anilines is 1. The summed E-state index contributed by atoms with van der Waals surface area (Å²) in [6.07, 6.45) is 3.95. The minimum absolute atomic E-state index is 0.276. The minimum atomic E-state index is -0.276. The third-order valence-electron chi connectivity index (χ3n) is 1.79. The summed E-state index contributed by atoms with van der Waals surface area (Å²) < 4.78 is 0.